The van der Waals surface area contributed by atoms with E-state index in [1.54, 1.807) is 31.2 Å². The average molecular weight is 335 g/mol. The lowest BCUT2D eigenvalue weighted by Gasteiger charge is -2.33. The zero-order valence-corrected chi connectivity index (χ0v) is 13.4. The maximum Gasteiger partial charge on any atom is 0.260 e. The number of hydrogen-bond acceptors (Lipinski definition) is 5. The van der Waals surface area contributed by atoms with Crippen molar-refractivity contribution in [2.45, 2.75) is 24.8 Å². The molecule has 1 aromatic heterocycles. The molecule has 2 heterocycles. The summed E-state index contributed by atoms with van der Waals surface area (Å²) in [6, 6.07) is 8.74. The molecule has 0 N–H and O–H groups in total. The van der Waals surface area contributed by atoms with E-state index in [9.17, 15) is 8.78 Å². The van der Waals surface area contributed by atoms with Crippen LogP contribution in [0.2, 0.25) is 0 Å². The van der Waals surface area contributed by atoms with Crippen LogP contribution in [-0.4, -0.2) is 47.3 Å². The van der Waals surface area contributed by atoms with Gasteiger partial charge >= 0.3 is 0 Å². The molecule has 0 bridgehead atoms. The van der Waals surface area contributed by atoms with Gasteiger partial charge in [0.2, 0.25) is 11.8 Å². The molecule has 1 saturated carbocycles. The summed E-state index contributed by atoms with van der Waals surface area (Å²) in [7, 11) is 0. The molecule has 0 radical (unpaired) electrons. The monoisotopic (exact) mass is 335 g/mol. The summed E-state index contributed by atoms with van der Waals surface area (Å²) in [6.45, 7) is 3.50. The van der Waals surface area contributed by atoms with Crippen LogP contribution in [0.5, 0.6) is 0 Å². The molecule has 2 aliphatic rings. The van der Waals surface area contributed by atoms with Crippen molar-refractivity contribution in [3.8, 4) is 0 Å². The fourth-order valence-electron chi connectivity index (χ4n) is 3.52. The molecule has 3 atom stereocenters. The van der Waals surface area contributed by atoms with Crippen LogP contribution in [0.25, 0.3) is 0 Å². The van der Waals surface area contributed by atoms with Gasteiger partial charge in [0.25, 0.3) is 5.92 Å². The Hall–Kier alpha value is -1.86. The van der Waals surface area contributed by atoms with Crippen molar-refractivity contribution in [1.82, 2.24) is 15.1 Å². The van der Waals surface area contributed by atoms with Gasteiger partial charge in [-0.3, -0.25) is 4.90 Å². The van der Waals surface area contributed by atoms with Crippen molar-refractivity contribution in [1.29, 1.82) is 0 Å². The molecule has 4 rings (SSSR count). The second kappa shape index (κ2) is 5.89. The van der Waals surface area contributed by atoms with Crippen molar-refractivity contribution in [2.75, 3.05) is 26.3 Å². The Morgan fingerprint density at radius 3 is 2.75 bits per heavy atom. The van der Waals surface area contributed by atoms with Gasteiger partial charge in [0.1, 0.15) is 6.04 Å². The standard InChI is InChI=1S/C17H19F2N3O2/c1-11-20-21-16(24-11)14-10-23-8-7-22(14)9-13-15(17(13,18)19)12-5-3-2-4-6-12/h2-6,13-15H,7-10H2,1H3/t13-,14?,15-/m1/s1. The maximum absolute atomic E-state index is 14.3. The summed E-state index contributed by atoms with van der Waals surface area (Å²) in [5.41, 5.74) is 0.700. The first-order chi connectivity index (χ1) is 11.6. The molecule has 128 valence electrons. The highest BCUT2D eigenvalue weighted by Gasteiger charge is 2.68. The van der Waals surface area contributed by atoms with Gasteiger partial charge < -0.3 is 9.15 Å². The minimum Gasteiger partial charge on any atom is -0.424 e. The van der Waals surface area contributed by atoms with Crippen molar-refractivity contribution in [2.24, 2.45) is 5.92 Å². The molecular weight excluding hydrogens is 316 g/mol. The van der Waals surface area contributed by atoms with Crippen LogP contribution >= 0.6 is 0 Å². The molecule has 2 aromatic rings. The molecule has 0 spiro atoms. The summed E-state index contributed by atoms with van der Waals surface area (Å²) in [4.78, 5) is 1.98. The summed E-state index contributed by atoms with van der Waals surface area (Å²) in [6.07, 6.45) is 0. The van der Waals surface area contributed by atoms with Gasteiger partial charge in [-0.05, 0) is 5.56 Å². The second-order valence-corrected chi connectivity index (χ2v) is 6.41. The molecule has 1 aromatic carbocycles. The van der Waals surface area contributed by atoms with Gasteiger partial charge in [0.15, 0.2) is 0 Å². The zero-order valence-electron chi connectivity index (χ0n) is 13.4. The number of aromatic nitrogens is 2. The molecule has 1 saturated heterocycles. The minimum atomic E-state index is -2.67. The Bertz CT molecular complexity index is 707. The fourth-order valence-corrected chi connectivity index (χ4v) is 3.52. The van der Waals surface area contributed by atoms with E-state index < -0.39 is 17.8 Å². The number of rotatable bonds is 4. The van der Waals surface area contributed by atoms with Crippen molar-refractivity contribution < 1.29 is 17.9 Å². The van der Waals surface area contributed by atoms with E-state index >= 15 is 0 Å². The fraction of sp³-hybridized carbons (Fsp3) is 0.529. The normalized spacial score (nSPS) is 29.5. The number of morpholine rings is 1. The van der Waals surface area contributed by atoms with E-state index in [-0.39, 0.29) is 6.04 Å². The molecule has 7 heteroatoms. The second-order valence-electron chi connectivity index (χ2n) is 6.41. The highest BCUT2D eigenvalue weighted by Crippen LogP contribution is 2.62. The first kappa shape index (κ1) is 15.7. The zero-order chi connectivity index (χ0) is 16.7. The first-order valence-electron chi connectivity index (χ1n) is 8.12. The van der Waals surface area contributed by atoms with Gasteiger partial charge in [-0.15, -0.1) is 10.2 Å². The lowest BCUT2D eigenvalue weighted by molar-refractivity contribution is -0.0268. The van der Waals surface area contributed by atoms with Crippen molar-refractivity contribution >= 4 is 0 Å². The minimum absolute atomic E-state index is 0.257. The Morgan fingerprint density at radius 1 is 1.25 bits per heavy atom. The van der Waals surface area contributed by atoms with Crippen LogP contribution < -0.4 is 0 Å². The van der Waals surface area contributed by atoms with E-state index in [1.165, 1.54) is 0 Å². The number of nitrogens with zero attached hydrogens (tertiary/aromatic N) is 3. The number of aryl methyl sites for hydroxylation is 1. The number of hydrogen-bond donors (Lipinski definition) is 0. The summed E-state index contributed by atoms with van der Waals surface area (Å²) in [5, 5.41) is 7.87. The van der Waals surface area contributed by atoms with Gasteiger partial charge in [0.05, 0.1) is 19.1 Å². The number of halogens is 2. The number of benzene rings is 1. The predicted octanol–water partition coefficient (Wildman–Crippen LogP) is 2.80. The average Bonchev–Trinajstić information content (AvgIpc) is 2.91. The van der Waals surface area contributed by atoms with Crippen LogP contribution in [0, 0.1) is 12.8 Å². The Kier molecular flexibility index (Phi) is 3.85. The van der Waals surface area contributed by atoms with E-state index in [4.69, 9.17) is 9.15 Å². The van der Waals surface area contributed by atoms with E-state index in [1.807, 2.05) is 11.0 Å². The molecule has 5 nitrogen and oxygen atoms in total. The Labute approximate surface area is 138 Å². The van der Waals surface area contributed by atoms with E-state index in [0.717, 1.165) is 0 Å². The van der Waals surface area contributed by atoms with Crippen molar-refractivity contribution in [3.05, 3.63) is 47.7 Å². The van der Waals surface area contributed by atoms with E-state index in [2.05, 4.69) is 10.2 Å². The molecule has 1 aliphatic carbocycles. The third-order valence-corrected chi connectivity index (χ3v) is 4.86. The third-order valence-electron chi connectivity index (χ3n) is 4.86. The van der Waals surface area contributed by atoms with Crippen LogP contribution in [0.15, 0.2) is 34.7 Å². The van der Waals surface area contributed by atoms with Gasteiger partial charge in [-0.25, -0.2) is 8.78 Å². The number of alkyl halides is 2. The van der Waals surface area contributed by atoms with E-state index in [0.29, 0.717) is 43.6 Å². The Balaban J connectivity index is 1.51. The molecule has 1 aliphatic heterocycles. The van der Waals surface area contributed by atoms with Gasteiger partial charge in [-0.2, -0.15) is 0 Å². The quantitative estimate of drug-likeness (QED) is 0.860. The van der Waals surface area contributed by atoms with Crippen molar-refractivity contribution in [3.63, 3.8) is 0 Å². The molecule has 2 fully saturated rings. The summed E-state index contributed by atoms with van der Waals surface area (Å²) >= 11 is 0. The summed E-state index contributed by atoms with van der Waals surface area (Å²) < 4.78 is 39.6. The lowest BCUT2D eigenvalue weighted by atomic mass is 10.1. The maximum atomic E-state index is 14.3. The SMILES string of the molecule is Cc1nnc(C2COCCN2C[C@@H]2[C@@H](c3ccccc3)C2(F)F)o1. The molecule has 0 amide bonds. The third kappa shape index (κ3) is 2.71. The van der Waals surface area contributed by atoms with Gasteiger partial charge in [0, 0.05) is 25.9 Å². The first-order valence-corrected chi connectivity index (χ1v) is 8.12. The smallest absolute Gasteiger partial charge is 0.260 e. The molecular formula is C17H19F2N3O2. The highest BCUT2D eigenvalue weighted by molar-refractivity contribution is 5.32. The number of ether oxygens (including phenoxy) is 1. The lowest BCUT2D eigenvalue weighted by Crippen LogP contribution is -2.41. The predicted molar refractivity (Wildman–Crippen MR) is 81.8 cm³/mol. The topological polar surface area (TPSA) is 51.4 Å². The molecule has 24 heavy (non-hydrogen) atoms. The van der Waals surface area contributed by atoms with Crippen LogP contribution in [0.1, 0.15) is 29.3 Å². The summed E-state index contributed by atoms with van der Waals surface area (Å²) in [5.74, 6) is -3.17. The largest absolute Gasteiger partial charge is 0.424 e. The Morgan fingerprint density at radius 2 is 2.04 bits per heavy atom. The van der Waals surface area contributed by atoms with Crippen LogP contribution in [0.4, 0.5) is 8.78 Å². The van der Waals surface area contributed by atoms with Crippen LogP contribution in [0.3, 0.4) is 0 Å². The van der Waals surface area contributed by atoms with Gasteiger partial charge in [-0.1, -0.05) is 30.3 Å². The highest BCUT2D eigenvalue weighted by atomic mass is 19.3. The van der Waals surface area contributed by atoms with Crippen LogP contribution in [-0.2, 0) is 4.74 Å². The molecule has 1 unspecified atom stereocenters.